The Balaban J connectivity index is 0.00000204. The highest BCUT2D eigenvalue weighted by atomic mass is 32.1. The molecule has 162 valence electrons. The molecular formula is C23H36N2O3S. The van der Waals surface area contributed by atoms with Crippen molar-refractivity contribution in [3.63, 3.8) is 0 Å². The van der Waals surface area contributed by atoms with Crippen LogP contribution in [0.3, 0.4) is 0 Å². The van der Waals surface area contributed by atoms with Gasteiger partial charge in [-0.05, 0) is 65.9 Å². The van der Waals surface area contributed by atoms with Crippen molar-refractivity contribution in [3.05, 3.63) is 33.3 Å². The number of aromatic nitrogens is 1. The predicted molar refractivity (Wildman–Crippen MR) is 121 cm³/mol. The Hall–Kier alpha value is -1.95. The fraction of sp³-hybridized carbons (Fsp3) is 0.609. The number of hydrogen-bond acceptors (Lipinski definition) is 5. The molecule has 1 aromatic heterocycles. The number of cyclic esters (lactones) is 1. The second-order valence-electron chi connectivity index (χ2n) is 7.27. The minimum atomic E-state index is -0.500. The Morgan fingerprint density at radius 1 is 1.24 bits per heavy atom. The number of unbranched alkanes of at least 4 members (excludes halogenated alkanes) is 1. The Kier molecular flexibility index (Phi) is 11.5. The highest BCUT2D eigenvalue weighted by Gasteiger charge is 2.34. The van der Waals surface area contributed by atoms with Gasteiger partial charge in [-0.1, -0.05) is 31.1 Å². The molecule has 0 spiro atoms. The van der Waals surface area contributed by atoms with Gasteiger partial charge in [0.2, 0.25) is 5.91 Å². The van der Waals surface area contributed by atoms with Crippen molar-refractivity contribution in [1.29, 1.82) is 0 Å². The molecule has 1 aliphatic rings. The molecule has 0 aromatic carbocycles. The molecule has 2 heterocycles. The van der Waals surface area contributed by atoms with Gasteiger partial charge in [-0.3, -0.25) is 4.79 Å². The van der Waals surface area contributed by atoms with E-state index in [1.807, 2.05) is 27.7 Å². The first-order valence-electron chi connectivity index (χ1n) is 10.6. The SMILES string of the molecule is C/C(=C/CC/C(C)=C/c1csc(C)n1)CCCCC(=O)N1C(=O)OCC1C.CC. The average Bonchev–Trinajstić information content (AvgIpc) is 3.24. The van der Waals surface area contributed by atoms with Gasteiger partial charge in [0.05, 0.1) is 16.7 Å². The third-order valence-electron chi connectivity index (χ3n) is 4.63. The number of thiazole rings is 1. The normalized spacial score (nSPS) is 17.1. The zero-order valence-electron chi connectivity index (χ0n) is 18.8. The van der Waals surface area contributed by atoms with Crippen molar-refractivity contribution in [2.75, 3.05) is 6.61 Å². The van der Waals surface area contributed by atoms with Crippen LogP contribution in [0.25, 0.3) is 6.08 Å². The summed E-state index contributed by atoms with van der Waals surface area (Å²) in [5.41, 5.74) is 3.74. The third kappa shape index (κ3) is 8.94. The van der Waals surface area contributed by atoms with Crippen LogP contribution in [0, 0.1) is 6.92 Å². The van der Waals surface area contributed by atoms with Crippen molar-refractivity contribution in [1.82, 2.24) is 9.88 Å². The van der Waals surface area contributed by atoms with E-state index in [2.05, 4.69) is 36.4 Å². The molecule has 5 nitrogen and oxygen atoms in total. The minimum Gasteiger partial charge on any atom is -0.447 e. The number of nitrogens with zero attached hydrogens (tertiary/aromatic N) is 2. The zero-order chi connectivity index (χ0) is 21.8. The first-order chi connectivity index (χ1) is 13.9. The zero-order valence-corrected chi connectivity index (χ0v) is 19.6. The number of aryl methyl sites for hydroxylation is 1. The van der Waals surface area contributed by atoms with Gasteiger partial charge in [-0.2, -0.15) is 0 Å². The van der Waals surface area contributed by atoms with E-state index < -0.39 is 6.09 Å². The maximum absolute atomic E-state index is 12.1. The van der Waals surface area contributed by atoms with Crippen LogP contribution in [0.1, 0.15) is 83.8 Å². The van der Waals surface area contributed by atoms with Gasteiger partial charge in [-0.25, -0.2) is 14.7 Å². The number of ether oxygens (including phenoxy) is 1. The lowest BCUT2D eigenvalue weighted by Crippen LogP contribution is -2.37. The third-order valence-corrected chi connectivity index (χ3v) is 5.42. The van der Waals surface area contributed by atoms with E-state index >= 15 is 0 Å². The Bertz CT molecular complexity index is 721. The summed E-state index contributed by atoms with van der Waals surface area (Å²) in [4.78, 5) is 29.3. The fourth-order valence-corrected chi connectivity index (χ4v) is 3.65. The molecule has 29 heavy (non-hydrogen) atoms. The van der Waals surface area contributed by atoms with Crippen molar-refractivity contribution >= 4 is 29.4 Å². The average molecular weight is 421 g/mol. The van der Waals surface area contributed by atoms with E-state index in [1.54, 1.807) is 11.3 Å². The predicted octanol–water partition coefficient (Wildman–Crippen LogP) is 6.54. The van der Waals surface area contributed by atoms with Crippen LogP contribution >= 0.6 is 11.3 Å². The molecule has 2 amide bonds. The Labute approximate surface area is 179 Å². The first-order valence-corrected chi connectivity index (χ1v) is 11.5. The second-order valence-corrected chi connectivity index (χ2v) is 8.33. The van der Waals surface area contributed by atoms with Crippen molar-refractivity contribution in [3.8, 4) is 0 Å². The maximum Gasteiger partial charge on any atom is 0.416 e. The highest BCUT2D eigenvalue weighted by Crippen LogP contribution is 2.18. The lowest BCUT2D eigenvalue weighted by Gasteiger charge is -2.15. The van der Waals surface area contributed by atoms with E-state index in [-0.39, 0.29) is 11.9 Å². The summed E-state index contributed by atoms with van der Waals surface area (Å²) >= 11 is 1.68. The Morgan fingerprint density at radius 3 is 2.52 bits per heavy atom. The van der Waals surface area contributed by atoms with Gasteiger partial charge < -0.3 is 4.74 Å². The van der Waals surface area contributed by atoms with Crippen LogP contribution in [0.15, 0.2) is 22.6 Å². The quantitative estimate of drug-likeness (QED) is 0.336. The van der Waals surface area contributed by atoms with E-state index in [0.29, 0.717) is 13.0 Å². The number of hydrogen-bond donors (Lipinski definition) is 0. The number of allylic oxidation sites excluding steroid dienone is 3. The molecule has 0 aliphatic carbocycles. The van der Waals surface area contributed by atoms with Gasteiger partial charge in [0.25, 0.3) is 0 Å². The number of imide groups is 1. The highest BCUT2D eigenvalue weighted by molar-refractivity contribution is 7.09. The molecule has 1 atom stereocenters. The Morgan fingerprint density at radius 2 is 1.93 bits per heavy atom. The van der Waals surface area contributed by atoms with E-state index in [0.717, 1.165) is 42.8 Å². The van der Waals surface area contributed by atoms with Crippen LogP contribution in [0.4, 0.5) is 4.79 Å². The van der Waals surface area contributed by atoms with Gasteiger partial charge >= 0.3 is 6.09 Å². The molecule has 1 fully saturated rings. The van der Waals surface area contributed by atoms with Gasteiger partial charge in [0.15, 0.2) is 0 Å². The minimum absolute atomic E-state index is 0.121. The lowest BCUT2D eigenvalue weighted by atomic mass is 10.0. The second kappa shape index (κ2) is 13.3. The van der Waals surface area contributed by atoms with Gasteiger partial charge in [0.1, 0.15) is 6.61 Å². The number of carbonyl (C=O) groups excluding carboxylic acids is 2. The maximum atomic E-state index is 12.1. The van der Waals surface area contributed by atoms with Gasteiger partial charge in [0, 0.05) is 11.8 Å². The van der Waals surface area contributed by atoms with Crippen molar-refractivity contribution < 1.29 is 14.3 Å². The van der Waals surface area contributed by atoms with Crippen LogP contribution in [0.2, 0.25) is 0 Å². The van der Waals surface area contributed by atoms with E-state index in [9.17, 15) is 9.59 Å². The van der Waals surface area contributed by atoms with Crippen LogP contribution in [0.5, 0.6) is 0 Å². The summed E-state index contributed by atoms with van der Waals surface area (Å²) in [7, 11) is 0. The van der Waals surface area contributed by atoms with Gasteiger partial charge in [-0.15, -0.1) is 11.3 Å². The van der Waals surface area contributed by atoms with Crippen molar-refractivity contribution in [2.45, 2.75) is 86.1 Å². The summed E-state index contributed by atoms with van der Waals surface area (Å²) in [6.45, 7) is 12.5. The monoisotopic (exact) mass is 420 g/mol. The molecule has 1 saturated heterocycles. The summed E-state index contributed by atoms with van der Waals surface area (Å²) < 4.78 is 4.89. The molecule has 0 N–H and O–H groups in total. The number of carbonyl (C=O) groups is 2. The standard InChI is InChI=1S/C21H30N2O3S.C2H6/c1-15(9-7-10-16(2)12-19-14-27-18(4)22-19)8-5-6-11-20(24)23-17(3)13-26-21(23)25;1-2/h9,12,14,17H,5-8,10-11,13H2,1-4H3;1-2H3/b15-9-,16-12+;. The molecule has 6 heteroatoms. The van der Waals surface area contributed by atoms with Crippen molar-refractivity contribution in [2.24, 2.45) is 0 Å². The summed E-state index contributed by atoms with van der Waals surface area (Å²) in [5, 5.41) is 3.18. The fourth-order valence-electron chi connectivity index (χ4n) is 3.08. The van der Waals surface area contributed by atoms with E-state index in [4.69, 9.17) is 4.74 Å². The molecule has 2 rings (SSSR count). The molecule has 0 bridgehead atoms. The topological polar surface area (TPSA) is 59.5 Å². The number of rotatable bonds is 9. The molecule has 0 saturated carbocycles. The lowest BCUT2D eigenvalue weighted by molar-refractivity contribution is -0.129. The molecule has 1 unspecified atom stereocenters. The molecule has 1 aromatic rings. The van der Waals surface area contributed by atoms with E-state index in [1.165, 1.54) is 16.0 Å². The van der Waals surface area contributed by atoms with Crippen LogP contribution in [-0.4, -0.2) is 34.5 Å². The van der Waals surface area contributed by atoms with Crippen LogP contribution in [-0.2, 0) is 9.53 Å². The first kappa shape index (κ1) is 25.1. The number of amides is 2. The molecule has 1 aliphatic heterocycles. The summed E-state index contributed by atoms with van der Waals surface area (Å²) in [5.74, 6) is -0.121. The largest absolute Gasteiger partial charge is 0.447 e. The van der Waals surface area contributed by atoms with Crippen LogP contribution < -0.4 is 0 Å². The summed E-state index contributed by atoms with van der Waals surface area (Å²) in [6, 6.07) is -0.142. The summed E-state index contributed by atoms with van der Waals surface area (Å²) in [6.07, 6.45) is 9.13. The smallest absolute Gasteiger partial charge is 0.416 e. The molecular weight excluding hydrogens is 384 g/mol. The molecule has 0 radical (unpaired) electrons.